The Morgan fingerprint density at radius 2 is 1.20 bits per heavy atom. The average Bonchev–Trinajstić information content (AvgIpc) is 3.64. The Hall–Kier alpha value is -8.21. The summed E-state index contributed by atoms with van der Waals surface area (Å²) in [5.74, 6) is 5.47. The molecule has 0 aromatic heterocycles. The zero-order chi connectivity index (χ0) is 44.3. The standard InChI is InChI=1S/C49H41N.C11H11N3/c1-4-6-8-16-32-50-48-23-15-14-22-46(48)49(36(3)17-9-7-5-2)45-21-13-12-20-43(45)44-31-30-42(35-47(44)49)40-27-24-37(25-28-40)33-38-26-29-39-18-10-11-19-41(39)34-38;12-11(14-13)10-6-5-8-3-1-2-4-9(8)7-10/h4-32,34-35,50H,1,3,33H2,2H3;1-7H,13H2,(H2,12,14)/b7-5-,8-6-,17-9-,32-16-;. The van der Waals surface area contributed by atoms with E-state index >= 15 is 0 Å². The normalized spacial score (nSPS) is 14.5. The molecule has 1 aliphatic carbocycles. The number of nitrogens with one attached hydrogen (secondary N) is 1. The molecule has 0 saturated heterocycles. The number of anilines is 1. The number of hydrazone groups is 1. The molecule has 0 fully saturated rings. The van der Waals surface area contributed by atoms with E-state index in [9.17, 15) is 0 Å². The van der Waals surface area contributed by atoms with Gasteiger partial charge in [0, 0.05) is 17.5 Å². The lowest BCUT2D eigenvalue weighted by Crippen LogP contribution is -2.29. The summed E-state index contributed by atoms with van der Waals surface area (Å²) in [7, 11) is 0. The molecule has 5 N–H and O–H groups in total. The molecule has 0 bridgehead atoms. The first-order valence-corrected chi connectivity index (χ1v) is 21.6. The first-order valence-electron chi connectivity index (χ1n) is 21.6. The van der Waals surface area contributed by atoms with Gasteiger partial charge in [-0.2, -0.15) is 5.10 Å². The van der Waals surface area contributed by atoms with Gasteiger partial charge >= 0.3 is 0 Å². The Morgan fingerprint density at radius 1 is 0.578 bits per heavy atom. The number of allylic oxidation sites excluding steroid dienone is 9. The summed E-state index contributed by atoms with van der Waals surface area (Å²) in [6.07, 6.45) is 18.9. The molecule has 0 aliphatic heterocycles. The number of hydrogen-bond acceptors (Lipinski definition) is 3. The summed E-state index contributed by atoms with van der Waals surface area (Å²) in [5, 5.41) is 11.9. The summed E-state index contributed by atoms with van der Waals surface area (Å²) >= 11 is 0. The van der Waals surface area contributed by atoms with E-state index in [1.807, 2.05) is 73.8 Å². The van der Waals surface area contributed by atoms with Crippen molar-refractivity contribution in [2.24, 2.45) is 16.7 Å². The number of hydrogen-bond donors (Lipinski definition) is 3. The molecule has 312 valence electrons. The maximum Gasteiger partial charge on any atom is 0.150 e. The predicted octanol–water partition coefficient (Wildman–Crippen LogP) is 14.2. The molecule has 8 aromatic rings. The van der Waals surface area contributed by atoms with Crippen molar-refractivity contribution < 1.29 is 0 Å². The van der Waals surface area contributed by atoms with Crippen molar-refractivity contribution in [1.82, 2.24) is 0 Å². The van der Waals surface area contributed by atoms with E-state index in [2.05, 4.69) is 175 Å². The molecule has 1 atom stereocenters. The Balaban J connectivity index is 0.000000339. The Morgan fingerprint density at radius 3 is 1.94 bits per heavy atom. The molecular formula is C60H52N4. The number of fused-ring (bicyclic) bond motifs is 5. The van der Waals surface area contributed by atoms with Crippen molar-refractivity contribution >= 4 is 33.1 Å². The van der Waals surface area contributed by atoms with Crippen molar-refractivity contribution in [2.45, 2.75) is 18.8 Å². The summed E-state index contributed by atoms with van der Waals surface area (Å²) in [4.78, 5) is 0. The predicted molar refractivity (Wildman–Crippen MR) is 274 cm³/mol. The molecule has 0 radical (unpaired) electrons. The van der Waals surface area contributed by atoms with Crippen LogP contribution < -0.4 is 16.9 Å². The molecule has 4 heteroatoms. The maximum atomic E-state index is 5.61. The lowest BCUT2D eigenvalue weighted by atomic mass is 9.66. The van der Waals surface area contributed by atoms with Gasteiger partial charge in [-0.3, -0.25) is 0 Å². The van der Waals surface area contributed by atoms with Crippen LogP contribution in [-0.4, -0.2) is 5.84 Å². The van der Waals surface area contributed by atoms with Crippen LogP contribution in [-0.2, 0) is 11.8 Å². The van der Waals surface area contributed by atoms with Crippen molar-refractivity contribution in [2.75, 3.05) is 5.32 Å². The molecule has 9 rings (SSSR count). The fraction of sp³-hybridized carbons (Fsp3) is 0.0500. The topological polar surface area (TPSA) is 76.4 Å². The Bertz CT molecular complexity index is 3130. The molecule has 1 aliphatic rings. The SMILES string of the molecule is C=C/C=C\C=C/Nc1ccccc1C1(C(=C)/C=C\C=C/C)c2ccccc2-c2ccc(-c3ccc(Cc4ccc5ccccc5c4)cc3)cc21.N/N=C(\N)c1ccc2ccccc2c1. The van der Waals surface area contributed by atoms with Gasteiger partial charge in [0.15, 0.2) is 0 Å². The third kappa shape index (κ3) is 8.76. The van der Waals surface area contributed by atoms with Crippen molar-refractivity contribution in [3.63, 3.8) is 0 Å². The highest BCUT2D eigenvalue weighted by Gasteiger charge is 2.47. The zero-order valence-corrected chi connectivity index (χ0v) is 36.2. The van der Waals surface area contributed by atoms with Gasteiger partial charge in [-0.1, -0.05) is 213 Å². The van der Waals surface area contributed by atoms with Gasteiger partial charge in [0.1, 0.15) is 5.84 Å². The van der Waals surface area contributed by atoms with Crippen LogP contribution in [0, 0.1) is 0 Å². The van der Waals surface area contributed by atoms with Gasteiger partial charge in [0.25, 0.3) is 0 Å². The minimum absolute atomic E-state index is 0.357. The summed E-state index contributed by atoms with van der Waals surface area (Å²) in [5.41, 5.74) is 19.0. The lowest BCUT2D eigenvalue weighted by molar-refractivity contribution is 0.773. The van der Waals surface area contributed by atoms with Gasteiger partial charge in [-0.25, -0.2) is 0 Å². The van der Waals surface area contributed by atoms with Gasteiger partial charge < -0.3 is 16.9 Å². The van der Waals surface area contributed by atoms with Crippen LogP contribution >= 0.6 is 0 Å². The molecule has 1 unspecified atom stereocenters. The zero-order valence-electron chi connectivity index (χ0n) is 36.2. The maximum absolute atomic E-state index is 5.61. The highest BCUT2D eigenvalue weighted by molar-refractivity contribution is 6.01. The van der Waals surface area contributed by atoms with Crippen LogP contribution in [0.25, 0.3) is 43.8 Å². The third-order valence-electron chi connectivity index (χ3n) is 11.8. The van der Waals surface area contributed by atoms with Crippen molar-refractivity contribution in [3.8, 4) is 22.3 Å². The summed E-state index contributed by atoms with van der Waals surface area (Å²) in [6, 6.07) is 62.7. The van der Waals surface area contributed by atoms with Gasteiger partial charge in [0.05, 0.1) is 5.41 Å². The highest BCUT2D eigenvalue weighted by atomic mass is 15.2. The van der Waals surface area contributed by atoms with Crippen LogP contribution in [0.3, 0.4) is 0 Å². The van der Waals surface area contributed by atoms with E-state index < -0.39 is 5.41 Å². The number of benzene rings is 8. The quantitative estimate of drug-likeness (QED) is 0.0377. The van der Waals surface area contributed by atoms with Crippen molar-refractivity contribution in [3.05, 3.63) is 283 Å². The average molecular weight is 829 g/mol. The van der Waals surface area contributed by atoms with Crippen LogP contribution in [0.1, 0.15) is 40.3 Å². The molecule has 0 amide bonds. The van der Waals surface area contributed by atoms with Crippen LogP contribution in [0.2, 0.25) is 0 Å². The molecule has 0 saturated carbocycles. The second-order valence-electron chi connectivity index (χ2n) is 15.8. The highest BCUT2D eigenvalue weighted by Crippen LogP contribution is 2.58. The second-order valence-corrected chi connectivity index (χ2v) is 15.8. The summed E-state index contributed by atoms with van der Waals surface area (Å²) in [6.45, 7) is 10.6. The number of para-hydroxylation sites is 1. The van der Waals surface area contributed by atoms with E-state index in [-0.39, 0.29) is 0 Å². The van der Waals surface area contributed by atoms with Crippen LogP contribution in [0.15, 0.2) is 255 Å². The fourth-order valence-electron chi connectivity index (χ4n) is 8.77. The molecular weight excluding hydrogens is 777 g/mol. The monoisotopic (exact) mass is 828 g/mol. The minimum Gasteiger partial charge on any atom is -0.382 e. The first kappa shape index (κ1) is 42.5. The Labute approximate surface area is 377 Å². The van der Waals surface area contributed by atoms with E-state index in [4.69, 9.17) is 18.2 Å². The summed E-state index contributed by atoms with van der Waals surface area (Å²) < 4.78 is 0. The molecule has 0 heterocycles. The lowest BCUT2D eigenvalue weighted by Gasteiger charge is -2.35. The first-order chi connectivity index (χ1) is 31.4. The number of nitrogens with zero attached hydrogens (tertiary/aromatic N) is 1. The fourth-order valence-corrected chi connectivity index (χ4v) is 8.77. The molecule has 8 aromatic carbocycles. The van der Waals surface area contributed by atoms with E-state index in [0.717, 1.165) is 34.2 Å². The van der Waals surface area contributed by atoms with Crippen LogP contribution in [0.5, 0.6) is 0 Å². The molecule has 4 nitrogen and oxygen atoms in total. The van der Waals surface area contributed by atoms with E-state index in [1.165, 1.54) is 60.7 Å². The van der Waals surface area contributed by atoms with E-state index in [0.29, 0.717) is 5.84 Å². The van der Waals surface area contributed by atoms with Crippen molar-refractivity contribution in [1.29, 1.82) is 0 Å². The van der Waals surface area contributed by atoms with Gasteiger partial charge in [-0.15, -0.1) is 0 Å². The van der Waals surface area contributed by atoms with Gasteiger partial charge in [0.2, 0.25) is 0 Å². The smallest absolute Gasteiger partial charge is 0.150 e. The molecule has 64 heavy (non-hydrogen) atoms. The van der Waals surface area contributed by atoms with E-state index in [1.54, 1.807) is 6.08 Å². The number of amidine groups is 1. The second kappa shape index (κ2) is 19.7. The van der Waals surface area contributed by atoms with Gasteiger partial charge in [-0.05, 0) is 115 Å². The Kier molecular flexibility index (Phi) is 13.1. The third-order valence-corrected chi connectivity index (χ3v) is 11.8. The largest absolute Gasteiger partial charge is 0.382 e. The number of nitrogens with two attached hydrogens (primary N) is 2. The molecule has 0 spiro atoms. The number of rotatable bonds is 12. The van der Waals surface area contributed by atoms with Crippen LogP contribution in [0.4, 0.5) is 5.69 Å². The minimum atomic E-state index is -0.621.